The van der Waals surface area contributed by atoms with Gasteiger partial charge in [0.15, 0.2) is 0 Å². The molecule has 1 N–H and O–H groups in total. The van der Waals surface area contributed by atoms with Crippen molar-refractivity contribution in [2.24, 2.45) is 0 Å². The number of allylic oxidation sites excluding steroid dienone is 1. The number of amides is 1. The third-order valence-electron chi connectivity index (χ3n) is 2.57. The normalized spacial score (nSPS) is 11.9. The van der Waals surface area contributed by atoms with Crippen LogP contribution in [0.5, 0.6) is 0 Å². The van der Waals surface area contributed by atoms with Crippen molar-refractivity contribution in [1.29, 1.82) is 0 Å². The Morgan fingerprint density at radius 2 is 2.39 bits per heavy atom. The monoisotopic (exact) mass is 251 g/mol. The van der Waals surface area contributed by atoms with Crippen LogP contribution in [0, 0.1) is 5.82 Å². The summed E-state index contributed by atoms with van der Waals surface area (Å²) >= 11 is 0. The zero-order valence-corrected chi connectivity index (χ0v) is 10.5. The third kappa shape index (κ3) is 4.67. The van der Waals surface area contributed by atoms with Crippen molar-refractivity contribution in [2.45, 2.75) is 18.9 Å². The van der Waals surface area contributed by atoms with Crippen LogP contribution >= 0.6 is 0 Å². The topological polar surface area (TPSA) is 38.3 Å². The predicted octanol–water partition coefficient (Wildman–Crippen LogP) is 2.60. The second kappa shape index (κ2) is 7.61. The molecular formula is C14H18FNO2. The van der Waals surface area contributed by atoms with Crippen molar-refractivity contribution in [2.75, 3.05) is 13.7 Å². The van der Waals surface area contributed by atoms with Gasteiger partial charge in [0, 0.05) is 20.1 Å². The largest absolute Gasteiger partial charge is 0.375 e. The Morgan fingerprint density at radius 3 is 3.00 bits per heavy atom. The molecule has 0 bridgehead atoms. The lowest BCUT2D eigenvalue weighted by Gasteiger charge is -2.16. The zero-order chi connectivity index (χ0) is 13.4. The summed E-state index contributed by atoms with van der Waals surface area (Å²) in [6.07, 6.45) is 2.40. The molecule has 0 aromatic heterocycles. The van der Waals surface area contributed by atoms with Crippen LogP contribution in [0.15, 0.2) is 36.9 Å². The molecule has 18 heavy (non-hydrogen) atoms. The fourth-order valence-electron chi connectivity index (χ4n) is 1.57. The van der Waals surface area contributed by atoms with Gasteiger partial charge < -0.3 is 10.1 Å². The van der Waals surface area contributed by atoms with E-state index >= 15 is 0 Å². The molecule has 1 atom stereocenters. The second-order valence-corrected chi connectivity index (χ2v) is 3.91. The summed E-state index contributed by atoms with van der Waals surface area (Å²) in [5.74, 6) is -0.374. The van der Waals surface area contributed by atoms with Crippen molar-refractivity contribution in [3.8, 4) is 0 Å². The maximum Gasteiger partial charge on any atom is 0.220 e. The number of hydrogen-bond donors (Lipinski definition) is 1. The van der Waals surface area contributed by atoms with E-state index in [4.69, 9.17) is 4.74 Å². The van der Waals surface area contributed by atoms with E-state index in [1.54, 1.807) is 18.2 Å². The Labute approximate surface area is 107 Å². The van der Waals surface area contributed by atoms with Gasteiger partial charge >= 0.3 is 0 Å². The molecular weight excluding hydrogens is 233 g/mol. The number of carbonyl (C=O) groups is 1. The molecule has 1 aromatic rings. The van der Waals surface area contributed by atoms with Gasteiger partial charge in [-0.1, -0.05) is 18.2 Å². The number of rotatable bonds is 7. The molecule has 1 aromatic carbocycles. The highest BCUT2D eigenvalue weighted by molar-refractivity contribution is 5.76. The zero-order valence-electron chi connectivity index (χ0n) is 10.5. The fourth-order valence-corrected chi connectivity index (χ4v) is 1.57. The first-order chi connectivity index (χ1) is 8.67. The standard InChI is InChI=1S/C14H18FNO2/c1-3-4-8-14(17)16-10-13(18-2)11-6-5-7-12(15)9-11/h3,5-7,9,13H,1,4,8,10H2,2H3,(H,16,17)/t13-/m1/s1. The average molecular weight is 251 g/mol. The Morgan fingerprint density at radius 1 is 1.61 bits per heavy atom. The number of methoxy groups -OCH3 is 1. The van der Waals surface area contributed by atoms with E-state index in [0.29, 0.717) is 24.9 Å². The van der Waals surface area contributed by atoms with Crippen molar-refractivity contribution in [1.82, 2.24) is 5.32 Å². The van der Waals surface area contributed by atoms with E-state index in [0.717, 1.165) is 0 Å². The molecule has 4 heteroatoms. The minimum atomic E-state index is -0.339. The smallest absolute Gasteiger partial charge is 0.220 e. The Bertz CT molecular complexity index is 407. The van der Waals surface area contributed by atoms with E-state index in [1.165, 1.54) is 19.2 Å². The first-order valence-corrected chi connectivity index (χ1v) is 5.83. The van der Waals surface area contributed by atoms with Crippen LogP contribution in [0.2, 0.25) is 0 Å². The van der Waals surface area contributed by atoms with Crippen LogP contribution in [0.25, 0.3) is 0 Å². The summed E-state index contributed by atoms with van der Waals surface area (Å²) < 4.78 is 18.3. The summed E-state index contributed by atoms with van der Waals surface area (Å²) in [4.78, 5) is 11.4. The van der Waals surface area contributed by atoms with E-state index in [9.17, 15) is 9.18 Å². The molecule has 0 saturated carbocycles. The molecule has 0 fully saturated rings. The van der Waals surface area contributed by atoms with Crippen LogP contribution in [-0.4, -0.2) is 19.6 Å². The maximum atomic E-state index is 13.1. The summed E-state index contributed by atoms with van der Waals surface area (Å²) in [5, 5.41) is 2.75. The van der Waals surface area contributed by atoms with Crippen LogP contribution in [-0.2, 0) is 9.53 Å². The lowest BCUT2D eigenvalue weighted by atomic mass is 10.1. The molecule has 98 valence electrons. The molecule has 0 saturated heterocycles. The molecule has 0 radical (unpaired) electrons. The Hall–Kier alpha value is -1.68. The highest BCUT2D eigenvalue weighted by Gasteiger charge is 2.12. The molecule has 1 rings (SSSR count). The van der Waals surface area contributed by atoms with Crippen LogP contribution in [0.3, 0.4) is 0 Å². The van der Waals surface area contributed by atoms with Crippen LogP contribution in [0.4, 0.5) is 4.39 Å². The molecule has 0 unspecified atom stereocenters. The van der Waals surface area contributed by atoms with Gasteiger partial charge in [-0.2, -0.15) is 0 Å². The SMILES string of the molecule is C=CCCC(=O)NC[C@@H](OC)c1cccc(F)c1. The quantitative estimate of drug-likeness (QED) is 0.756. The van der Waals surface area contributed by atoms with Crippen LogP contribution < -0.4 is 5.32 Å². The lowest BCUT2D eigenvalue weighted by molar-refractivity contribution is -0.121. The first-order valence-electron chi connectivity index (χ1n) is 5.83. The van der Waals surface area contributed by atoms with Gasteiger partial charge in [0.05, 0.1) is 6.10 Å². The van der Waals surface area contributed by atoms with Gasteiger partial charge in [0.2, 0.25) is 5.91 Å². The first kappa shape index (κ1) is 14.4. The Balaban J connectivity index is 2.52. The molecule has 0 heterocycles. The number of hydrogen-bond acceptors (Lipinski definition) is 2. The van der Waals surface area contributed by atoms with Gasteiger partial charge in [0.1, 0.15) is 5.82 Å². The van der Waals surface area contributed by atoms with Gasteiger partial charge in [-0.15, -0.1) is 6.58 Å². The molecule has 1 amide bonds. The van der Waals surface area contributed by atoms with Crippen molar-refractivity contribution in [3.05, 3.63) is 48.3 Å². The third-order valence-corrected chi connectivity index (χ3v) is 2.57. The highest BCUT2D eigenvalue weighted by atomic mass is 19.1. The predicted molar refractivity (Wildman–Crippen MR) is 68.6 cm³/mol. The summed E-state index contributed by atoms with van der Waals surface area (Å²) in [6.45, 7) is 3.88. The van der Waals surface area contributed by atoms with E-state index in [-0.39, 0.29) is 17.8 Å². The number of ether oxygens (including phenoxy) is 1. The summed E-state index contributed by atoms with van der Waals surface area (Å²) in [6, 6.07) is 6.17. The van der Waals surface area contributed by atoms with Crippen molar-refractivity contribution in [3.63, 3.8) is 0 Å². The number of halogens is 1. The molecule has 0 aliphatic rings. The van der Waals surface area contributed by atoms with Crippen molar-refractivity contribution < 1.29 is 13.9 Å². The Kier molecular flexibility index (Phi) is 6.08. The van der Waals surface area contributed by atoms with E-state index in [1.807, 2.05) is 0 Å². The molecule has 0 spiro atoms. The maximum absolute atomic E-state index is 13.1. The van der Waals surface area contributed by atoms with Gasteiger partial charge in [-0.25, -0.2) is 4.39 Å². The molecule has 3 nitrogen and oxygen atoms in total. The number of nitrogens with one attached hydrogen (secondary N) is 1. The molecule has 0 aliphatic carbocycles. The van der Waals surface area contributed by atoms with E-state index < -0.39 is 0 Å². The second-order valence-electron chi connectivity index (χ2n) is 3.91. The lowest BCUT2D eigenvalue weighted by Crippen LogP contribution is -2.28. The number of carbonyl (C=O) groups excluding carboxylic acids is 1. The van der Waals surface area contributed by atoms with Crippen molar-refractivity contribution >= 4 is 5.91 Å². The summed E-state index contributed by atoms with van der Waals surface area (Å²) in [5.41, 5.74) is 0.710. The van der Waals surface area contributed by atoms with Gasteiger partial charge in [0.25, 0.3) is 0 Å². The fraction of sp³-hybridized carbons (Fsp3) is 0.357. The van der Waals surface area contributed by atoms with Gasteiger partial charge in [-0.05, 0) is 24.1 Å². The van der Waals surface area contributed by atoms with Crippen LogP contribution in [0.1, 0.15) is 24.5 Å². The summed E-state index contributed by atoms with van der Waals surface area (Å²) in [7, 11) is 1.53. The van der Waals surface area contributed by atoms with E-state index in [2.05, 4.69) is 11.9 Å². The van der Waals surface area contributed by atoms with Gasteiger partial charge in [-0.3, -0.25) is 4.79 Å². The molecule has 0 aliphatic heterocycles. The average Bonchev–Trinajstić information content (AvgIpc) is 2.37. The number of benzene rings is 1. The minimum absolute atomic E-state index is 0.0617. The highest BCUT2D eigenvalue weighted by Crippen LogP contribution is 2.16. The minimum Gasteiger partial charge on any atom is -0.375 e.